The van der Waals surface area contributed by atoms with Crippen molar-refractivity contribution in [1.82, 2.24) is 0 Å². The molecule has 2 aromatic carbocycles. The Morgan fingerprint density at radius 1 is 1.11 bits per heavy atom. The fraction of sp³-hybridized carbons (Fsp3) is 0.188. The van der Waals surface area contributed by atoms with E-state index in [1.807, 2.05) is 12.1 Å². The summed E-state index contributed by atoms with van der Waals surface area (Å²) in [6.45, 7) is 4.35. The van der Waals surface area contributed by atoms with Gasteiger partial charge in [0.25, 0.3) is 0 Å². The van der Waals surface area contributed by atoms with Crippen molar-refractivity contribution < 1.29 is 0 Å². The maximum absolute atomic E-state index is 9.15. The van der Waals surface area contributed by atoms with Gasteiger partial charge < -0.3 is 5.73 Å². The molecule has 0 saturated heterocycles. The van der Waals surface area contributed by atoms with Crippen molar-refractivity contribution in [2.24, 2.45) is 0 Å². The first-order valence-corrected chi connectivity index (χ1v) is 7.00. The summed E-state index contributed by atoms with van der Waals surface area (Å²) in [6.07, 6.45) is 0. The van der Waals surface area contributed by atoms with Crippen LogP contribution < -0.4 is 5.73 Å². The highest BCUT2D eigenvalue weighted by molar-refractivity contribution is 7.99. The zero-order valence-electron chi connectivity index (χ0n) is 11.1. The van der Waals surface area contributed by atoms with Gasteiger partial charge in [-0.25, -0.2) is 0 Å². The van der Waals surface area contributed by atoms with E-state index in [1.54, 1.807) is 17.8 Å². The van der Waals surface area contributed by atoms with Gasteiger partial charge in [0.2, 0.25) is 0 Å². The molecule has 0 aliphatic heterocycles. The van der Waals surface area contributed by atoms with Gasteiger partial charge in [0, 0.05) is 9.79 Å². The van der Waals surface area contributed by atoms with Crippen LogP contribution in [0.3, 0.4) is 0 Å². The summed E-state index contributed by atoms with van der Waals surface area (Å²) in [4.78, 5) is 2.02. The van der Waals surface area contributed by atoms with Crippen LogP contribution in [-0.2, 0) is 0 Å². The highest BCUT2D eigenvalue weighted by atomic mass is 32.2. The van der Waals surface area contributed by atoms with Crippen LogP contribution in [0.5, 0.6) is 0 Å². The lowest BCUT2D eigenvalue weighted by atomic mass is 10.0. The molecule has 0 amide bonds. The van der Waals surface area contributed by atoms with E-state index in [4.69, 9.17) is 11.0 Å². The van der Waals surface area contributed by atoms with Gasteiger partial charge in [-0.1, -0.05) is 43.8 Å². The molecule has 0 spiro atoms. The number of nitrogen functional groups attached to an aromatic ring is 1. The van der Waals surface area contributed by atoms with E-state index in [-0.39, 0.29) is 0 Å². The quantitative estimate of drug-likeness (QED) is 0.838. The molecule has 0 fully saturated rings. The van der Waals surface area contributed by atoms with Gasteiger partial charge in [0.05, 0.1) is 11.3 Å². The average Bonchev–Trinajstić information content (AvgIpc) is 2.39. The predicted octanol–water partition coefficient (Wildman–Crippen LogP) is 4.42. The maximum Gasteiger partial charge on any atom is 0.102 e. The Labute approximate surface area is 118 Å². The number of hydrogen-bond donors (Lipinski definition) is 1. The summed E-state index contributed by atoms with van der Waals surface area (Å²) in [6, 6.07) is 16.2. The van der Waals surface area contributed by atoms with Crippen molar-refractivity contribution in [2.75, 3.05) is 5.73 Å². The molecule has 0 unspecified atom stereocenters. The van der Waals surface area contributed by atoms with E-state index in [0.29, 0.717) is 17.2 Å². The summed E-state index contributed by atoms with van der Waals surface area (Å²) >= 11 is 1.57. The Bertz CT molecular complexity index is 610. The number of hydrogen-bond acceptors (Lipinski definition) is 3. The molecule has 19 heavy (non-hydrogen) atoms. The SMILES string of the molecule is CC(C)c1ccc(Sc2cccc(N)c2C#N)cc1. The van der Waals surface area contributed by atoms with Crippen molar-refractivity contribution in [1.29, 1.82) is 5.26 Å². The molecule has 2 aromatic rings. The van der Waals surface area contributed by atoms with Crippen LogP contribution in [-0.4, -0.2) is 0 Å². The Morgan fingerprint density at radius 2 is 1.79 bits per heavy atom. The van der Waals surface area contributed by atoms with Gasteiger partial charge in [-0.3, -0.25) is 0 Å². The van der Waals surface area contributed by atoms with Crippen LogP contribution in [0.1, 0.15) is 30.9 Å². The largest absolute Gasteiger partial charge is 0.398 e. The van der Waals surface area contributed by atoms with Crippen molar-refractivity contribution in [3.8, 4) is 6.07 Å². The van der Waals surface area contributed by atoms with Gasteiger partial charge in [-0.05, 0) is 35.7 Å². The van der Waals surface area contributed by atoms with Crippen LogP contribution in [0.2, 0.25) is 0 Å². The van der Waals surface area contributed by atoms with E-state index in [1.165, 1.54) is 5.56 Å². The van der Waals surface area contributed by atoms with Gasteiger partial charge in [-0.15, -0.1) is 0 Å². The van der Waals surface area contributed by atoms with Crippen LogP contribution in [0.15, 0.2) is 52.3 Å². The third-order valence-electron chi connectivity index (χ3n) is 2.94. The molecular weight excluding hydrogens is 252 g/mol. The Hall–Kier alpha value is -1.92. The molecule has 2 nitrogen and oxygen atoms in total. The topological polar surface area (TPSA) is 49.8 Å². The Kier molecular flexibility index (Phi) is 4.13. The molecule has 3 heteroatoms. The minimum absolute atomic E-state index is 0.529. The van der Waals surface area contributed by atoms with E-state index < -0.39 is 0 Å². The summed E-state index contributed by atoms with van der Waals surface area (Å²) in [7, 11) is 0. The van der Waals surface area contributed by atoms with E-state index in [9.17, 15) is 0 Å². The Morgan fingerprint density at radius 3 is 2.37 bits per heavy atom. The number of nitrogens with zero attached hydrogens (tertiary/aromatic N) is 1. The first-order valence-electron chi connectivity index (χ1n) is 6.18. The fourth-order valence-electron chi connectivity index (χ4n) is 1.80. The molecule has 0 atom stereocenters. The Balaban J connectivity index is 2.27. The number of rotatable bonds is 3. The molecule has 96 valence electrons. The van der Waals surface area contributed by atoms with Crippen molar-refractivity contribution >= 4 is 17.4 Å². The zero-order valence-corrected chi connectivity index (χ0v) is 11.9. The van der Waals surface area contributed by atoms with E-state index in [0.717, 1.165) is 9.79 Å². The lowest BCUT2D eigenvalue weighted by molar-refractivity contribution is 0.865. The second kappa shape index (κ2) is 5.81. The van der Waals surface area contributed by atoms with E-state index in [2.05, 4.69) is 44.2 Å². The summed E-state index contributed by atoms with van der Waals surface area (Å²) in [5, 5.41) is 9.15. The predicted molar refractivity (Wildman–Crippen MR) is 80.2 cm³/mol. The second-order valence-corrected chi connectivity index (χ2v) is 5.77. The fourth-order valence-corrected chi connectivity index (χ4v) is 2.74. The van der Waals surface area contributed by atoms with Crippen LogP contribution >= 0.6 is 11.8 Å². The minimum atomic E-state index is 0.529. The number of nitrogens with two attached hydrogens (primary N) is 1. The van der Waals surface area contributed by atoms with Crippen molar-refractivity contribution in [3.63, 3.8) is 0 Å². The zero-order chi connectivity index (χ0) is 13.8. The molecule has 0 radical (unpaired) electrons. The molecule has 2 rings (SSSR count). The standard InChI is InChI=1S/C16H16N2S/c1-11(2)12-6-8-13(9-7-12)19-16-5-3-4-15(18)14(16)10-17/h3-9,11H,18H2,1-2H3. The third kappa shape index (κ3) is 3.10. The third-order valence-corrected chi connectivity index (χ3v) is 4.01. The second-order valence-electron chi connectivity index (χ2n) is 4.66. The monoisotopic (exact) mass is 268 g/mol. The molecule has 0 bridgehead atoms. The van der Waals surface area contributed by atoms with Gasteiger partial charge in [0.1, 0.15) is 6.07 Å². The average molecular weight is 268 g/mol. The van der Waals surface area contributed by atoms with Crippen molar-refractivity contribution in [2.45, 2.75) is 29.6 Å². The van der Waals surface area contributed by atoms with Crippen LogP contribution in [0, 0.1) is 11.3 Å². The smallest absolute Gasteiger partial charge is 0.102 e. The highest BCUT2D eigenvalue weighted by Gasteiger charge is 2.07. The molecule has 0 saturated carbocycles. The molecule has 0 aliphatic carbocycles. The van der Waals surface area contributed by atoms with Gasteiger partial charge in [-0.2, -0.15) is 5.26 Å². The minimum Gasteiger partial charge on any atom is -0.398 e. The molecule has 0 heterocycles. The normalized spacial score (nSPS) is 10.4. The summed E-state index contributed by atoms with van der Waals surface area (Å²) in [5.74, 6) is 0.529. The molecule has 2 N–H and O–H groups in total. The van der Waals surface area contributed by atoms with E-state index >= 15 is 0 Å². The number of anilines is 1. The van der Waals surface area contributed by atoms with Gasteiger partial charge >= 0.3 is 0 Å². The summed E-state index contributed by atoms with van der Waals surface area (Å²) < 4.78 is 0. The summed E-state index contributed by atoms with van der Waals surface area (Å²) in [5.41, 5.74) is 8.22. The van der Waals surface area contributed by atoms with Crippen molar-refractivity contribution in [3.05, 3.63) is 53.6 Å². The molecule has 0 aromatic heterocycles. The lowest BCUT2D eigenvalue weighted by Crippen LogP contribution is -1.92. The van der Waals surface area contributed by atoms with Crippen LogP contribution in [0.4, 0.5) is 5.69 Å². The highest BCUT2D eigenvalue weighted by Crippen LogP contribution is 2.33. The van der Waals surface area contributed by atoms with Gasteiger partial charge in [0.15, 0.2) is 0 Å². The van der Waals surface area contributed by atoms with Crippen LogP contribution in [0.25, 0.3) is 0 Å². The lowest BCUT2D eigenvalue weighted by Gasteiger charge is -2.08. The molecule has 0 aliphatic rings. The maximum atomic E-state index is 9.15. The molecular formula is C16H16N2S. The number of nitriles is 1. The first-order chi connectivity index (χ1) is 9.11. The number of benzene rings is 2. The first kappa shape index (κ1) is 13.5.